The van der Waals surface area contributed by atoms with Crippen molar-refractivity contribution in [2.45, 2.75) is 37.0 Å². The monoisotopic (exact) mass is 282 g/mol. The first-order valence-corrected chi connectivity index (χ1v) is 11.3. The molecule has 0 spiro atoms. The zero-order valence-electron chi connectivity index (χ0n) is 11.6. The van der Waals surface area contributed by atoms with Gasteiger partial charge in [-0.1, -0.05) is 43.4 Å². The molecule has 1 atom stereocenters. The minimum Gasteiger partial charge on any atom is -0.224 e. The Balaban J connectivity index is 3.06. The molecule has 0 radical (unpaired) electrons. The number of sulfone groups is 1. The van der Waals surface area contributed by atoms with Gasteiger partial charge in [-0.3, -0.25) is 0 Å². The zero-order valence-corrected chi connectivity index (χ0v) is 13.4. The predicted molar refractivity (Wildman–Crippen MR) is 80.4 cm³/mol. The van der Waals surface area contributed by atoms with Crippen molar-refractivity contribution in [3.63, 3.8) is 0 Å². The summed E-state index contributed by atoms with van der Waals surface area (Å²) in [6, 6.07) is 8.67. The van der Waals surface area contributed by atoms with Gasteiger partial charge in [0, 0.05) is 0 Å². The Kier molecular flexibility index (Phi) is 4.56. The van der Waals surface area contributed by atoms with Crippen molar-refractivity contribution in [3.8, 4) is 0 Å². The maximum Gasteiger partial charge on any atom is 0.178 e. The van der Waals surface area contributed by atoms with Crippen LogP contribution in [-0.2, 0) is 9.84 Å². The average Bonchev–Trinajstić information content (AvgIpc) is 2.25. The van der Waals surface area contributed by atoms with E-state index in [2.05, 4.69) is 26.2 Å². The van der Waals surface area contributed by atoms with Gasteiger partial charge in [-0.15, -0.1) is 6.58 Å². The van der Waals surface area contributed by atoms with Gasteiger partial charge in [-0.05, 0) is 24.6 Å². The van der Waals surface area contributed by atoms with E-state index in [-0.39, 0.29) is 11.3 Å². The van der Waals surface area contributed by atoms with E-state index >= 15 is 0 Å². The summed E-state index contributed by atoms with van der Waals surface area (Å²) in [4.78, 5) is 0.412. The summed E-state index contributed by atoms with van der Waals surface area (Å²) in [7, 11) is -4.78. The standard InChI is InChI=1S/C14H22O2SSi/c1-12(2)14(18(3,4)5)11-17(15,16)13-9-7-6-8-10-13/h6-10,14H,1,11H2,2-5H3. The number of hydrogen-bond acceptors (Lipinski definition) is 2. The van der Waals surface area contributed by atoms with Crippen LogP contribution in [0.3, 0.4) is 0 Å². The number of allylic oxidation sites excluding steroid dienone is 1. The summed E-state index contributed by atoms with van der Waals surface area (Å²) in [5, 5.41) is 0. The van der Waals surface area contributed by atoms with Crippen LogP contribution in [0.15, 0.2) is 47.4 Å². The fourth-order valence-corrected chi connectivity index (χ4v) is 7.70. The summed E-state index contributed by atoms with van der Waals surface area (Å²) < 4.78 is 24.7. The molecule has 1 aromatic carbocycles. The number of benzene rings is 1. The second kappa shape index (κ2) is 5.41. The lowest BCUT2D eigenvalue weighted by Gasteiger charge is -2.29. The van der Waals surface area contributed by atoms with Gasteiger partial charge in [0.25, 0.3) is 0 Å². The van der Waals surface area contributed by atoms with Gasteiger partial charge in [0.15, 0.2) is 9.84 Å². The molecule has 0 saturated heterocycles. The van der Waals surface area contributed by atoms with E-state index in [0.29, 0.717) is 4.90 Å². The van der Waals surface area contributed by atoms with Gasteiger partial charge < -0.3 is 0 Å². The topological polar surface area (TPSA) is 34.1 Å². The van der Waals surface area contributed by atoms with Crippen LogP contribution in [0.1, 0.15) is 6.92 Å². The van der Waals surface area contributed by atoms with E-state index in [9.17, 15) is 8.42 Å². The Hall–Kier alpha value is -0.873. The van der Waals surface area contributed by atoms with Crippen molar-refractivity contribution in [3.05, 3.63) is 42.5 Å². The molecule has 1 rings (SSSR count). The highest BCUT2D eigenvalue weighted by atomic mass is 32.2. The van der Waals surface area contributed by atoms with Crippen LogP contribution >= 0.6 is 0 Å². The number of hydrogen-bond donors (Lipinski definition) is 0. The smallest absolute Gasteiger partial charge is 0.178 e. The Morgan fingerprint density at radius 3 is 2.11 bits per heavy atom. The summed E-state index contributed by atoms with van der Waals surface area (Å²) in [5.41, 5.74) is 1.08. The van der Waals surface area contributed by atoms with Crippen LogP contribution < -0.4 is 0 Å². The van der Waals surface area contributed by atoms with E-state index in [1.54, 1.807) is 24.3 Å². The molecule has 4 heteroatoms. The fourth-order valence-electron chi connectivity index (χ4n) is 2.07. The summed E-state index contributed by atoms with van der Waals surface area (Å²) in [6.07, 6.45) is 0. The molecule has 18 heavy (non-hydrogen) atoms. The first kappa shape index (κ1) is 15.2. The molecule has 1 unspecified atom stereocenters. The maximum atomic E-state index is 12.4. The summed E-state index contributed by atoms with van der Waals surface area (Å²) in [5.74, 6) is 0.183. The molecule has 0 aliphatic heterocycles. The van der Waals surface area contributed by atoms with Gasteiger partial charge in [0.1, 0.15) is 0 Å². The van der Waals surface area contributed by atoms with Gasteiger partial charge in [0.2, 0.25) is 0 Å². The van der Waals surface area contributed by atoms with Crippen LogP contribution in [0.4, 0.5) is 0 Å². The second-order valence-electron chi connectivity index (χ2n) is 5.86. The van der Waals surface area contributed by atoms with Gasteiger partial charge >= 0.3 is 0 Å². The predicted octanol–water partition coefficient (Wildman–Crippen LogP) is 3.74. The van der Waals surface area contributed by atoms with Crippen molar-refractivity contribution in [1.29, 1.82) is 0 Å². The normalized spacial score (nSPS) is 14.2. The highest BCUT2D eigenvalue weighted by Gasteiger charge is 2.32. The summed E-state index contributed by atoms with van der Waals surface area (Å²) >= 11 is 0. The maximum absolute atomic E-state index is 12.4. The first-order valence-electron chi connectivity index (χ1n) is 6.08. The SMILES string of the molecule is C=C(C)C(CS(=O)(=O)c1ccccc1)[Si](C)(C)C. The van der Waals surface area contributed by atoms with E-state index < -0.39 is 17.9 Å². The second-order valence-corrected chi connectivity index (χ2v) is 13.3. The third-order valence-electron chi connectivity index (χ3n) is 3.13. The molecule has 0 heterocycles. The molecule has 0 bridgehead atoms. The van der Waals surface area contributed by atoms with Crippen molar-refractivity contribution in [2.75, 3.05) is 5.75 Å². The molecule has 2 nitrogen and oxygen atoms in total. The van der Waals surface area contributed by atoms with Crippen molar-refractivity contribution >= 4 is 17.9 Å². The minimum atomic E-state index is -3.21. The molecule has 0 amide bonds. The largest absolute Gasteiger partial charge is 0.224 e. The lowest BCUT2D eigenvalue weighted by Crippen LogP contribution is -2.33. The molecular weight excluding hydrogens is 260 g/mol. The molecule has 0 aliphatic rings. The van der Waals surface area contributed by atoms with Crippen LogP contribution in [0, 0.1) is 0 Å². The zero-order chi connectivity index (χ0) is 14.0. The number of rotatable bonds is 5. The molecule has 0 fully saturated rings. The third-order valence-corrected chi connectivity index (χ3v) is 7.97. The van der Waals surface area contributed by atoms with Gasteiger partial charge in [-0.2, -0.15) is 0 Å². The van der Waals surface area contributed by atoms with E-state index in [4.69, 9.17) is 0 Å². The Morgan fingerprint density at radius 1 is 1.22 bits per heavy atom. The van der Waals surface area contributed by atoms with E-state index in [0.717, 1.165) is 5.57 Å². The average molecular weight is 282 g/mol. The Labute approximate surface area is 112 Å². The van der Waals surface area contributed by atoms with Gasteiger partial charge in [0.05, 0.1) is 18.7 Å². The van der Waals surface area contributed by atoms with Crippen molar-refractivity contribution in [1.82, 2.24) is 0 Å². The lowest BCUT2D eigenvalue weighted by molar-refractivity contribution is 0.594. The minimum absolute atomic E-state index is 0.0997. The molecule has 0 N–H and O–H groups in total. The lowest BCUT2D eigenvalue weighted by atomic mass is 10.3. The Bertz CT molecular complexity index is 512. The first-order chi connectivity index (χ1) is 8.14. The molecule has 100 valence electrons. The molecule has 0 aromatic heterocycles. The van der Waals surface area contributed by atoms with Crippen molar-refractivity contribution < 1.29 is 8.42 Å². The third kappa shape index (κ3) is 3.82. The fraction of sp³-hybridized carbons (Fsp3) is 0.429. The van der Waals surface area contributed by atoms with E-state index in [1.807, 2.05) is 13.0 Å². The highest BCUT2D eigenvalue weighted by Crippen LogP contribution is 2.31. The molecule has 1 aromatic rings. The van der Waals surface area contributed by atoms with Crippen LogP contribution in [0.2, 0.25) is 25.2 Å². The van der Waals surface area contributed by atoms with Crippen LogP contribution in [0.5, 0.6) is 0 Å². The van der Waals surface area contributed by atoms with Gasteiger partial charge in [-0.25, -0.2) is 8.42 Å². The highest BCUT2D eigenvalue weighted by molar-refractivity contribution is 7.91. The van der Waals surface area contributed by atoms with Crippen LogP contribution in [0.25, 0.3) is 0 Å². The van der Waals surface area contributed by atoms with Crippen LogP contribution in [-0.4, -0.2) is 22.2 Å². The Morgan fingerprint density at radius 2 is 1.72 bits per heavy atom. The molecule has 0 saturated carbocycles. The molecule has 0 aliphatic carbocycles. The molecular formula is C14H22O2SSi. The van der Waals surface area contributed by atoms with Crippen molar-refractivity contribution in [2.24, 2.45) is 0 Å². The van der Waals surface area contributed by atoms with E-state index in [1.165, 1.54) is 0 Å². The quantitative estimate of drug-likeness (QED) is 0.609. The summed E-state index contributed by atoms with van der Waals surface area (Å²) in [6.45, 7) is 12.5.